The second-order valence-corrected chi connectivity index (χ2v) is 5.47. The van der Waals surface area contributed by atoms with Gasteiger partial charge in [0.25, 0.3) is 0 Å². The monoisotopic (exact) mass is 240 g/mol. The Balaban J connectivity index is 1.66. The van der Waals surface area contributed by atoms with Crippen molar-refractivity contribution in [2.75, 3.05) is 6.54 Å². The molecule has 0 bridgehead atoms. The molecule has 2 nitrogen and oxygen atoms in total. The third-order valence-corrected chi connectivity index (χ3v) is 3.96. The van der Waals surface area contributed by atoms with Gasteiger partial charge in [0.2, 0.25) is 0 Å². The van der Waals surface area contributed by atoms with Gasteiger partial charge < -0.3 is 5.32 Å². The van der Waals surface area contributed by atoms with Gasteiger partial charge in [0.1, 0.15) is 0 Å². The van der Waals surface area contributed by atoms with Gasteiger partial charge in [-0.25, -0.2) is 0 Å². The topological polar surface area (TPSA) is 24.9 Å². The fourth-order valence-electron chi connectivity index (χ4n) is 2.59. The molecular formula is C16H20N2. The van der Waals surface area contributed by atoms with E-state index in [1.807, 2.05) is 12.4 Å². The van der Waals surface area contributed by atoms with Crippen molar-refractivity contribution < 1.29 is 0 Å². The van der Waals surface area contributed by atoms with Crippen molar-refractivity contribution in [1.29, 1.82) is 0 Å². The molecule has 2 heteroatoms. The summed E-state index contributed by atoms with van der Waals surface area (Å²) in [7, 11) is 0. The second kappa shape index (κ2) is 5.07. The molecular weight excluding hydrogens is 220 g/mol. The van der Waals surface area contributed by atoms with Gasteiger partial charge in [0, 0.05) is 24.3 Å². The van der Waals surface area contributed by atoms with Crippen molar-refractivity contribution >= 4 is 10.8 Å². The van der Waals surface area contributed by atoms with Gasteiger partial charge >= 0.3 is 0 Å². The predicted molar refractivity (Wildman–Crippen MR) is 75.3 cm³/mol. The summed E-state index contributed by atoms with van der Waals surface area (Å²) in [5, 5.41) is 6.12. The lowest BCUT2D eigenvalue weighted by molar-refractivity contribution is 0.462. The van der Waals surface area contributed by atoms with E-state index in [-0.39, 0.29) is 0 Å². The molecule has 1 fully saturated rings. The molecule has 1 aliphatic rings. The number of fused-ring (bicyclic) bond motifs is 1. The maximum absolute atomic E-state index is 4.32. The number of rotatable bonds is 5. The Morgan fingerprint density at radius 2 is 2.11 bits per heavy atom. The zero-order chi connectivity index (χ0) is 12.4. The highest BCUT2D eigenvalue weighted by Crippen LogP contribution is 2.36. The molecule has 94 valence electrons. The predicted octanol–water partition coefficient (Wildman–Crippen LogP) is 3.37. The van der Waals surface area contributed by atoms with Crippen LogP contribution in [0.3, 0.4) is 0 Å². The minimum Gasteiger partial charge on any atom is -0.312 e. The lowest BCUT2D eigenvalue weighted by atomic mass is 10.1. The Kier molecular flexibility index (Phi) is 3.28. The van der Waals surface area contributed by atoms with E-state index in [9.17, 15) is 0 Å². The van der Waals surface area contributed by atoms with E-state index < -0.39 is 0 Å². The molecule has 1 aromatic carbocycles. The molecule has 0 radical (unpaired) electrons. The first kappa shape index (κ1) is 11.7. The van der Waals surface area contributed by atoms with Crippen molar-refractivity contribution in [3.05, 3.63) is 42.2 Å². The summed E-state index contributed by atoms with van der Waals surface area (Å²) in [5.74, 6) is 1.79. The molecule has 0 spiro atoms. The van der Waals surface area contributed by atoms with E-state index in [0.29, 0.717) is 0 Å². The van der Waals surface area contributed by atoms with Gasteiger partial charge in [-0.3, -0.25) is 4.98 Å². The number of hydrogen-bond donors (Lipinski definition) is 1. The third-order valence-electron chi connectivity index (χ3n) is 3.96. The van der Waals surface area contributed by atoms with Crippen molar-refractivity contribution in [3.63, 3.8) is 0 Å². The summed E-state index contributed by atoms with van der Waals surface area (Å²) in [6, 6.07) is 8.46. The average molecular weight is 240 g/mol. The fourth-order valence-corrected chi connectivity index (χ4v) is 2.59. The highest BCUT2D eigenvalue weighted by atomic mass is 14.9. The molecule has 1 N–H and O–H groups in total. The first-order valence-electron chi connectivity index (χ1n) is 6.87. The largest absolute Gasteiger partial charge is 0.312 e. The molecule has 2 aromatic rings. The quantitative estimate of drug-likeness (QED) is 0.866. The van der Waals surface area contributed by atoms with Gasteiger partial charge in [-0.15, -0.1) is 0 Å². The van der Waals surface area contributed by atoms with Crippen LogP contribution in [0.25, 0.3) is 10.8 Å². The molecule has 0 amide bonds. The van der Waals surface area contributed by atoms with E-state index in [1.54, 1.807) is 0 Å². The molecule has 1 saturated carbocycles. The minimum atomic E-state index is 0.813. The molecule has 1 unspecified atom stereocenters. The second-order valence-electron chi connectivity index (χ2n) is 5.47. The minimum absolute atomic E-state index is 0.813. The maximum atomic E-state index is 4.32. The van der Waals surface area contributed by atoms with Crippen LogP contribution in [0.15, 0.2) is 36.7 Å². The van der Waals surface area contributed by atoms with Crippen molar-refractivity contribution in [3.8, 4) is 0 Å². The van der Waals surface area contributed by atoms with Crippen LogP contribution in [0.2, 0.25) is 0 Å². The number of nitrogens with one attached hydrogen (secondary N) is 1. The van der Waals surface area contributed by atoms with Gasteiger partial charge in [0.15, 0.2) is 0 Å². The zero-order valence-electron chi connectivity index (χ0n) is 10.9. The van der Waals surface area contributed by atoms with E-state index >= 15 is 0 Å². The lowest BCUT2D eigenvalue weighted by Crippen LogP contribution is -2.22. The van der Waals surface area contributed by atoms with E-state index in [1.165, 1.54) is 29.2 Å². The van der Waals surface area contributed by atoms with Crippen molar-refractivity contribution in [2.45, 2.75) is 26.3 Å². The summed E-state index contributed by atoms with van der Waals surface area (Å²) in [6.45, 7) is 4.39. The van der Waals surface area contributed by atoms with Crippen molar-refractivity contribution in [2.24, 2.45) is 11.8 Å². The van der Waals surface area contributed by atoms with Crippen LogP contribution >= 0.6 is 0 Å². The summed E-state index contributed by atoms with van der Waals surface area (Å²) in [6.07, 6.45) is 6.78. The van der Waals surface area contributed by atoms with Gasteiger partial charge in [-0.1, -0.05) is 31.2 Å². The fraction of sp³-hybridized carbons (Fsp3) is 0.438. The zero-order valence-corrected chi connectivity index (χ0v) is 10.9. The molecule has 18 heavy (non-hydrogen) atoms. The van der Waals surface area contributed by atoms with Gasteiger partial charge in [-0.2, -0.15) is 0 Å². The third kappa shape index (κ3) is 2.54. The molecule has 0 aliphatic heterocycles. The first-order chi connectivity index (χ1) is 8.84. The smallest absolute Gasteiger partial charge is 0.0346 e. The summed E-state index contributed by atoms with van der Waals surface area (Å²) < 4.78 is 0. The maximum Gasteiger partial charge on any atom is 0.0346 e. The Morgan fingerprint density at radius 3 is 2.94 bits per heavy atom. The van der Waals surface area contributed by atoms with Crippen LogP contribution in [-0.2, 0) is 6.54 Å². The van der Waals surface area contributed by atoms with Crippen molar-refractivity contribution in [1.82, 2.24) is 10.3 Å². The Labute approximate surface area is 108 Å². The number of pyridine rings is 1. The molecule has 1 aromatic heterocycles. The van der Waals surface area contributed by atoms with E-state index in [0.717, 1.165) is 24.9 Å². The van der Waals surface area contributed by atoms with E-state index in [2.05, 4.69) is 41.5 Å². The normalized spacial score (nSPS) is 16.9. The summed E-state index contributed by atoms with van der Waals surface area (Å²) in [4.78, 5) is 4.32. The lowest BCUT2D eigenvalue weighted by Gasteiger charge is -2.12. The molecule has 3 rings (SSSR count). The van der Waals surface area contributed by atoms with E-state index in [4.69, 9.17) is 0 Å². The van der Waals surface area contributed by atoms with Crippen LogP contribution in [0, 0.1) is 11.8 Å². The molecule has 1 aliphatic carbocycles. The van der Waals surface area contributed by atoms with Crippen LogP contribution in [0.5, 0.6) is 0 Å². The number of hydrogen-bond acceptors (Lipinski definition) is 2. The molecule has 1 heterocycles. The highest BCUT2D eigenvalue weighted by molar-refractivity contribution is 5.84. The molecule has 0 saturated heterocycles. The van der Waals surface area contributed by atoms with Gasteiger partial charge in [-0.05, 0) is 42.2 Å². The Morgan fingerprint density at radius 1 is 1.28 bits per heavy atom. The Hall–Kier alpha value is -1.41. The average Bonchev–Trinajstić information content (AvgIpc) is 3.23. The summed E-state index contributed by atoms with van der Waals surface area (Å²) in [5.41, 5.74) is 1.30. The molecule has 1 atom stereocenters. The summed E-state index contributed by atoms with van der Waals surface area (Å²) >= 11 is 0. The van der Waals surface area contributed by atoms with Gasteiger partial charge in [0.05, 0.1) is 0 Å². The number of aromatic nitrogens is 1. The van der Waals surface area contributed by atoms with Crippen LogP contribution in [0.1, 0.15) is 25.3 Å². The SMILES string of the molecule is CC(CNCc1cncc2ccccc12)C1CC1. The number of benzene rings is 1. The Bertz CT molecular complexity index is 526. The standard InChI is InChI=1S/C16H20N2/c1-12(13-6-7-13)8-17-10-15-11-18-9-14-4-2-3-5-16(14)15/h2-5,9,11-13,17H,6-8,10H2,1H3. The first-order valence-corrected chi connectivity index (χ1v) is 6.87. The van der Waals surface area contributed by atoms with Crippen LogP contribution in [-0.4, -0.2) is 11.5 Å². The van der Waals surface area contributed by atoms with Crippen LogP contribution < -0.4 is 5.32 Å². The highest BCUT2D eigenvalue weighted by Gasteiger charge is 2.27. The van der Waals surface area contributed by atoms with Crippen LogP contribution in [0.4, 0.5) is 0 Å². The number of nitrogens with zero attached hydrogens (tertiary/aromatic N) is 1.